The molecule has 146 valence electrons. The zero-order chi connectivity index (χ0) is 19.8. The Bertz CT molecular complexity index is 923. The van der Waals surface area contributed by atoms with Crippen molar-refractivity contribution in [2.75, 3.05) is 13.2 Å². The van der Waals surface area contributed by atoms with Gasteiger partial charge in [-0.1, -0.05) is 23.4 Å². The molecule has 0 aliphatic rings. The number of benzene rings is 1. The first-order valence-electron chi connectivity index (χ1n) is 8.69. The van der Waals surface area contributed by atoms with Gasteiger partial charge in [0, 0.05) is 24.4 Å². The maximum absolute atomic E-state index is 12.2. The fourth-order valence-electron chi connectivity index (χ4n) is 2.26. The lowest BCUT2D eigenvalue weighted by molar-refractivity contribution is 0.0520. The Morgan fingerprint density at radius 2 is 2.04 bits per heavy atom. The van der Waals surface area contributed by atoms with Crippen molar-refractivity contribution in [2.24, 2.45) is 0 Å². The number of para-hydroxylation sites is 1. The van der Waals surface area contributed by atoms with E-state index in [-0.39, 0.29) is 23.9 Å². The maximum Gasteiger partial charge on any atom is 0.357 e. The van der Waals surface area contributed by atoms with E-state index in [1.165, 1.54) is 11.3 Å². The Morgan fingerprint density at radius 1 is 1.21 bits per heavy atom. The highest BCUT2D eigenvalue weighted by atomic mass is 32.1. The molecule has 28 heavy (non-hydrogen) atoms. The molecule has 0 aliphatic heterocycles. The number of ether oxygens (including phenoxy) is 2. The summed E-state index contributed by atoms with van der Waals surface area (Å²) in [5, 5.41) is 8.89. The van der Waals surface area contributed by atoms with E-state index in [0.29, 0.717) is 31.1 Å². The Hall–Kier alpha value is -3.20. The van der Waals surface area contributed by atoms with Gasteiger partial charge in [0.25, 0.3) is 5.91 Å². The van der Waals surface area contributed by atoms with Gasteiger partial charge in [0.2, 0.25) is 0 Å². The summed E-state index contributed by atoms with van der Waals surface area (Å²) in [6.45, 7) is 2.58. The molecule has 0 fully saturated rings. The van der Waals surface area contributed by atoms with Gasteiger partial charge >= 0.3 is 5.97 Å². The van der Waals surface area contributed by atoms with Crippen LogP contribution >= 0.6 is 11.3 Å². The van der Waals surface area contributed by atoms with E-state index in [9.17, 15) is 9.59 Å². The summed E-state index contributed by atoms with van der Waals surface area (Å²) in [6.07, 6.45) is 0.498. The van der Waals surface area contributed by atoms with E-state index in [4.69, 9.17) is 14.0 Å². The van der Waals surface area contributed by atoms with E-state index < -0.39 is 5.97 Å². The second-order valence-electron chi connectivity index (χ2n) is 5.63. The van der Waals surface area contributed by atoms with Crippen LogP contribution in [0.5, 0.6) is 5.75 Å². The highest BCUT2D eigenvalue weighted by Crippen LogP contribution is 2.13. The summed E-state index contributed by atoms with van der Waals surface area (Å²) in [5.41, 5.74) is 0.464. The van der Waals surface area contributed by atoms with E-state index in [1.807, 2.05) is 30.3 Å². The summed E-state index contributed by atoms with van der Waals surface area (Å²) in [6, 6.07) is 10.8. The van der Waals surface area contributed by atoms with Crippen molar-refractivity contribution >= 4 is 23.2 Å². The van der Waals surface area contributed by atoms with Gasteiger partial charge in [0.1, 0.15) is 12.4 Å². The summed E-state index contributed by atoms with van der Waals surface area (Å²) in [4.78, 5) is 27.9. The predicted molar refractivity (Wildman–Crippen MR) is 101 cm³/mol. The first-order valence-corrected chi connectivity index (χ1v) is 9.57. The monoisotopic (exact) mass is 401 g/mol. The second kappa shape index (κ2) is 9.65. The zero-order valence-corrected chi connectivity index (χ0v) is 16.0. The molecule has 0 bridgehead atoms. The molecule has 3 rings (SSSR count). The van der Waals surface area contributed by atoms with Crippen molar-refractivity contribution in [1.29, 1.82) is 0 Å². The fourth-order valence-corrected chi connectivity index (χ4v) is 3.02. The van der Waals surface area contributed by atoms with E-state index >= 15 is 0 Å². The van der Waals surface area contributed by atoms with Crippen molar-refractivity contribution in [3.63, 3.8) is 0 Å². The molecule has 8 nitrogen and oxygen atoms in total. The number of carbonyl (C=O) groups excluding carboxylic acids is 2. The van der Waals surface area contributed by atoms with Gasteiger partial charge in [-0.3, -0.25) is 4.79 Å². The Kier molecular flexibility index (Phi) is 6.74. The number of nitrogens with one attached hydrogen (secondary N) is 1. The van der Waals surface area contributed by atoms with Crippen LogP contribution in [-0.4, -0.2) is 35.2 Å². The summed E-state index contributed by atoms with van der Waals surface area (Å²) in [5.74, 6) is 0.363. The Morgan fingerprint density at radius 3 is 2.82 bits per heavy atom. The van der Waals surface area contributed by atoms with Gasteiger partial charge in [-0.05, 0) is 19.1 Å². The first-order chi connectivity index (χ1) is 13.7. The average Bonchev–Trinajstić information content (AvgIpc) is 3.37. The third-order valence-corrected chi connectivity index (χ3v) is 4.49. The number of aromatic nitrogens is 2. The standard InChI is InChI=1S/C19H19N3O5S/c1-2-25-19(24)16-12-28-17(21-16)8-9-20-18(23)15-10-14(27-22-15)11-26-13-6-4-3-5-7-13/h3-7,10,12H,2,8-9,11H2,1H3,(H,20,23). The van der Waals surface area contributed by atoms with E-state index in [2.05, 4.69) is 15.5 Å². The van der Waals surface area contributed by atoms with Gasteiger partial charge in [-0.2, -0.15) is 0 Å². The zero-order valence-electron chi connectivity index (χ0n) is 15.2. The normalized spacial score (nSPS) is 10.5. The van der Waals surface area contributed by atoms with Crippen LogP contribution in [0, 0.1) is 0 Å². The number of rotatable bonds is 9. The third-order valence-electron chi connectivity index (χ3n) is 3.58. The molecule has 2 aromatic heterocycles. The number of amides is 1. The van der Waals surface area contributed by atoms with Crippen molar-refractivity contribution in [3.8, 4) is 5.75 Å². The molecule has 3 aromatic rings. The van der Waals surface area contributed by atoms with Crippen LogP contribution in [0.25, 0.3) is 0 Å². The molecular weight excluding hydrogens is 382 g/mol. The minimum absolute atomic E-state index is 0.179. The fraction of sp³-hybridized carbons (Fsp3) is 0.263. The molecule has 1 aromatic carbocycles. The van der Waals surface area contributed by atoms with Gasteiger partial charge in [0.15, 0.2) is 17.1 Å². The topological polar surface area (TPSA) is 104 Å². The molecule has 0 aliphatic carbocycles. The molecular formula is C19H19N3O5S. The minimum Gasteiger partial charge on any atom is -0.486 e. The minimum atomic E-state index is -0.443. The lowest BCUT2D eigenvalue weighted by atomic mass is 10.3. The van der Waals surface area contributed by atoms with Gasteiger partial charge in [-0.25, -0.2) is 9.78 Å². The molecule has 1 amide bonds. The predicted octanol–water partition coefficient (Wildman–Crippen LogP) is 2.86. The maximum atomic E-state index is 12.2. The van der Waals surface area contributed by atoms with Crippen LogP contribution in [0.1, 0.15) is 38.7 Å². The largest absolute Gasteiger partial charge is 0.486 e. The number of esters is 1. The van der Waals surface area contributed by atoms with Crippen molar-refractivity contribution in [3.05, 3.63) is 63.9 Å². The quantitative estimate of drug-likeness (QED) is 0.550. The van der Waals surface area contributed by atoms with E-state index in [0.717, 1.165) is 5.01 Å². The first kappa shape index (κ1) is 19.6. The van der Waals surface area contributed by atoms with Crippen molar-refractivity contribution < 1.29 is 23.6 Å². The third kappa shape index (κ3) is 5.40. The molecule has 0 spiro atoms. The SMILES string of the molecule is CCOC(=O)c1csc(CCNC(=O)c2cc(COc3ccccc3)on2)n1. The molecule has 9 heteroatoms. The van der Waals surface area contributed by atoms with Crippen LogP contribution in [0.3, 0.4) is 0 Å². The molecule has 0 atom stereocenters. The van der Waals surface area contributed by atoms with Crippen LogP contribution in [0.4, 0.5) is 0 Å². The van der Waals surface area contributed by atoms with Crippen LogP contribution in [-0.2, 0) is 17.8 Å². The molecule has 0 unspecified atom stereocenters. The lowest BCUT2D eigenvalue weighted by Gasteiger charge is -2.02. The summed E-state index contributed by atoms with van der Waals surface area (Å²) in [7, 11) is 0. The molecule has 1 N–H and O–H groups in total. The van der Waals surface area contributed by atoms with Crippen molar-refractivity contribution in [2.45, 2.75) is 20.0 Å². The summed E-state index contributed by atoms with van der Waals surface area (Å²) >= 11 is 1.35. The van der Waals surface area contributed by atoms with Gasteiger partial charge in [0.05, 0.1) is 11.6 Å². The number of hydrogen-bond acceptors (Lipinski definition) is 8. The number of carbonyl (C=O) groups is 2. The number of nitrogens with zero attached hydrogens (tertiary/aromatic N) is 2. The number of thiazole rings is 1. The lowest BCUT2D eigenvalue weighted by Crippen LogP contribution is -2.25. The van der Waals surface area contributed by atoms with Crippen LogP contribution in [0.15, 0.2) is 46.3 Å². The smallest absolute Gasteiger partial charge is 0.357 e. The highest BCUT2D eigenvalue weighted by molar-refractivity contribution is 7.09. The average molecular weight is 401 g/mol. The molecule has 0 radical (unpaired) electrons. The van der Waals surface area contributed by atoms with Crippen molar-refractivity contribution in [1.82, 2.24) is 15.5 Å². The Balaban J connectivity index is 1.44. The Labute approximate surface area is 165 Å². The second-order valence-corrected chi connectivity index (χ2v) is 6.58. The highest BCUT2D eigenvalue weighted by Gasteiger charge is 2.14. The van der Waals surface area contributed by atoms with Crippen LogP contribution < -0.4 is 10.1 Å². The van der Waals surface area contributed by atoms with Gasteiger partial charge < -0.3 is 19.3 Å². The molecule has 0 saturated carbocycles. The van der Waals surface area contributed by atoms with E-state index in [1.54, 1.807) is 18.4 Å². The summed E-state index contributed by atoms with van der Waals surface area (Å²) < 4.78 is 15.6. The number of hydrogen-bond donors (Lipinski definition) is 1. The molecule has 2 heterocycles. The van der Waals surface area contributed by atoms with Gasteiger partial charge in [-0.15, -0.1) is 11.3 Å². The van der Waals surface area contributed by atoms with Crippen LogP contribution in [0.2, 0.25) is 0 Å². The molecule has 0 saturated heterocycles.